The molecule has 4 N–H and O–H groups in total. The van der Waals surface area contributed by atoms with Crippen LogP contribution >= 0.6 is 0 Å². The van der Waals surface area contributed by atoms with Crippen molar-refractivity contribution in [3.63, 3.8) is 0 Å². The number of nitro groups is 1. The van der Waals surface area contributed by atoms with Gasteiger partial charge in [-0.05, 0) is 13.0 Å². The molecular formula is C12H18N2O6. The highest BCUT2D eigenvalue weighted by Gasteiger charge is 2.15. The van der Waals surface area contributed by atoms with Crippen LogP contribution in [0.3, 0.4) is 0 Å². The highest BCUT2D eigenvalue weighted by atomic mass is 16.6. The standard InChI is InChI=1S/C12H18N2O6/c1-8(16)5-13-11-4-10(20-7-9(17)6-15)2-3-12(11)14(18)19/h2-4,8-9,13,15-17H,5-7H2,1H3. The molecule has 0 saturated heterocycles. The van der Waals surface area contributed by atoms with Crippen LogP contribution in [0.2, 0.25) is 0 Å². The number of aliphatic hydroxyl groups excluding tert-OH is 3. The zero-order valence-corrected chi connectivity index (χ0v) is 11.0. The number of nitrogens with zero attached hydrogens (tertiary/aromatic N) is 1. The lowest BCUT2D eigenvalue weighted by molar-refractivity contribution is -0.384. The normalized spacial score (nSPS) is 13.6. The van der Waals surface area contributed by atoms with E-state index < -0.39 is 23.7 Å². The second kappa shape index (κ2) is 7.63. The summed E-state index contributed by atoms with van der Waals surface area (Å²) >= 11 is 0. The molecule has 8 nitrogen and oxygen atoms in total. The fraction of sp³-hybridized carbons (Fsp3) is 0.500. The smallest absolute Gasteiger partial charge is 0.292 e. The highest BCUT2D eigenvalue weighted by molar-refractivity contribution is 5.64. The van der Waals surface area contributed by atoms with Gasteiger partial charge in [-0.1, -0.05) is 0 Å². The van der Waals surface area contributed by atoms with E-state index in [1.54, 1.807) is 6.92 Å². The zero-order valence-electron chi connectivity index (χ0n) is 11.0. The molecule has 1 aromatic carbocycles. The minimum atomic E-state index is -1.01. The monoisotopic (exact) mass is 286 g/mol. The average Bonchev–Trinajstić information content (AvgIpc) is 2.42. The molecule has 2 atom stereocenters. The number of hydrogen-bond acceptors (Lipinski definition) is 7. The second-order valence-corrected chi connectivity index (χ2v) is 4.31. The molecule has 0 spiro atoms. The van der Waals surface area contributed by atoms with E-state index in [9.17, 15) is 20.3 Å². The fourth-order valence-corrected chi connectivity index (χ4v) is 1.41. The first-order valence-corrected chi connectivity index (χ1v) is 6.06. The minimum absolute atomic E-state index is 0.121. The van der Waals surface area contributed by atoms with E-state index in [0.717, 1.165) is 0 Å². The molecule has 0 aliphatic carbocycles. The van der Waals surface area contributed by atoms with E-state index in [1.165, 1.54) is 18.2 Å². The molecule has 2 unspecified atom stereocenters. The molecule has 1 rings (SSSR count). The maximum atomic E-state index is 10.9. The van der Waals surface area contributed by atoms with Crippen LogP contribution in [0.1, 0.15) is 6.92 Å². The van der Waals surface area contributed by atoms with Crippen molar-refractivity contribution in [3.8, 4) is 5.75 Å². The zero-order chi connectivity index (χ0) is 15.1. The van der Waals surface area contributed by atoms with Gasteiger partial charge in [0, 0.05) is 18.7 Å². The summed E-state index contributed by atoms with van der Waals surface area (Å²) in [6, 6.07) is 4.07. The van der Waals surface area contributed by atoms with Crippen molar-refractivity contribution in [1.82, 2.24) is 0 Å². The van der Waals surface area contributed by atoms with Gasteiger partial charge in [-0.15, -0.1) is 0 Å². The Kier molecular flexibility index (Phi) is 6.16. The SMILES string of the molecule is CC(O)CNc1cc(OCC(O)CO)ccc1[N+](=O)[O-]. The third-order valence-corrected chi connectivity index (χ3v) is 2.41. The Labute approximate surface area is 115 Å². The Bertz CT molecular complexity index is 452. The summed E-state index contributed by atoms with van der Waals surface area (Å²) in [5.41, 5.74) is 0.0765. The summed E-state index contributed by atoms with van der Waals surface area (Å²) in [5, 5.41) is 40.7. The topological polar surface area (TPSA) is 125 Å². The predicted molar refractivity (Wildman–Crippen MR) is 71.9 cm³/mol. The van der Waals surface area contributed by atoms with Crippen molar-refractivity contribution in [3.05, 3.63) is 28.3 Å². The van der Waals surface area contributed by atoms with E-state index in [1.807, 2.05) is 0 Å². The third kappa shape index (κ3) is 5.00. The fourth-order valence-electron chi connectivity index (χ4n) is 1.41. The molecule has 0 aromatic heterocycles. The summed E-state index contributed by atoms with van der Waals surface area (Å²) < 4.78 is 5.21. The lowest BCUT2D eigenvalue weighted by Crippen LogP contribution is -2.21. The van der Waals surface area contributed by atoms with Crippen LogP contribution in [0.4, 0.5) is 11.4 Å². The van der Waals surface area contributed by atoms with E-state index in [2.05, 4.69) is 5.32 Å². The summed E-state index contributed by atoms with van der Waals surface area (Å²) in [7, 11) is 0. The first-order valence-electron chi connectivity index (χ1n) is 6.06. The maximum Gasteiger partial charge on any atom is 0.292 e. The lowest BCUT2D eigenvalue weighted by Gasteiger charge is -2.13. The largest absolute Gasteiger partial charge is 0.491 e. The number of ether oxygens (including phenoxy) is 1. The van der Waals surface area contributed by atoms with Gasteiger partial charge < -0.3 is 25.4 Å². The van der Waals surface area contributed by atoms with Gasteiger partial charge in [0.15, 0.2) is 0 Å². The van der Waals surface area contributed by atoms with E-state index in [4.69, 9.17) is 9.84 Å². The van der Waals surface area contributed by atoms with E-state index in [-0.39, 0.29) is 24.5 Å². The van der Waals surface area contributed by atoms with Gasteiger partial charge in [0.05, 0.1) is 17.6 Å². The van der Waals surface area contributed by atoms with Gasteiger partial charge in [-0.25, -0.2) is 0 Å². The van der Waals surface area contributed by atoms with Crippen LogP contribution in [0, 0.1) is 10.1 Å². The molecule has 0 aliphatic rings. The average molecular weight is 286 g/mol. The lowest BCUT2D eigenvalue weighted by atomic mass is 10.2. The van der Waals surface area contributed by atoms with Crippen LogP contribution in [-0.4, -0.2) is 52.2 Å². The van der Waals surface area contributed by atoms with Crippen LogP contribution < -0.4 is 10.1 Å². The minimum Gasteiger partial charge on any atom is -0.491 e. The second-order valence-electron chi connectivity index (χ2n) is 4.31. The summed E-state index contributed by atoms with van der Waals surface area (Å²) in [6.07, 6.45) is -1.67. The molecule has 20 heavy (non-hydrogen) atoms. The van der Waals surface area contributed by atoms with Crippen molar-refractivity contribution in [2.24, 2.45) is 0 Å². The van der Waals surface area contributed by atoms with Crippen molar-refractivity contribution in [2.75, 3.05) is 25.1 Å². The Hall–Kier alpha value is -1.90. The van der Waals surface area contributed by atoms with Crippen molar-refractivity contribution in [1.29, 1.82) is 0 Å². The molecule has 0 bridgehead atoms. The van der Waals surface area contributed by atoms with Gasteiger partial charge in [-0.2, -0.15) is 0 Å². The Balaban J connectivity index is 2.83. The predicted octanol–water partition coefficient (Wildman–Crippen LogP) is 0.120. The number of anilines is 1. The molecule has 0 saturated carbocycles. The van der Waals surface area contributed by atoms with Gasteiger partial charge in [0.25, 0.3) is 5.69 Å². The summed E-state index contributed by atoms with van der Waals surface area (Å²) in [5.74, 6) is 0.316. The maximum absolute atomic E-state index is 10.9. The number of rotatable bonds is 8. The van der Waals surface area contributed by atoms with Crippen molar-refractivity contribution < 1.29 is 25.0 Å². The Morgan fingerprint density at radius 3 is 2.70 bits per heavy atom. The van der Waals surface area contributed by atoms with Crippen molar-refractivity contribution >= 4 is 11.4 Å². The van der Waals surface area contributed by atoms with Gasteiger partial charge in [0.2, 0.25) is 0 Å². The Morgan fingerprint density at radius 2 is 2.15 bits per heavy atom. The van der Waals surface area contributed by atoms with E-state index in [0.29, 0.717) is 5.75 Å². The molecule has 0 aliphatic heterocycles. The Morgan fingerprint density at radius 1 is 1.45 bits per heavy atom. The van der Waals surface area contributed by atoms with Crippen LogP contribution in [0.15, 0.2) is 18.2 Å². The molecule has 112 valence electrons. The molecule has 0 fully saturated rings. The molecule has 0 heterocycles. The number of hydrogen-bond donors (Lipinski definition) is 4. The van der Waals surface area contributed by atoms with Gasteiger partial charge >= 0.3 is 0 Å². The van der Waals surface area contributed by atoms with E-state index >= 15 is 0 Å². The first kappa shape index (κ1) is 16.2. The number of benzene rings is 1. The summed E-state index contributed by atoms with van der Waals surface area (Å²) in [6.45, 7) is 1.16. The van der Waals surface area contributed by atoms with Gasteiger partial charge in [0.1, 0.15) is 24.1 Å². The summed E-state index contributed by atoms with van der Waals surface area (Å²) in [4.78, 5) is 10.3. The van der Waals surface area contributed by atoms with Crippen LogP contribution in [-0.2, 0) is 0 Å². The number of nitro benzene ring substituents is 1. The van der Waals surface area contributed by atoms with Crippen LogP contribution in [0.5, 0.6) is 5.75 Å². The number of aliphatic hydroxyl groups is 3. The molecular weight excluding hydrogens is 268 g/mol. The third-order valence-electron chi connectivity index (χ3n) is 2.41. The quantitative estimate of drug-likeness (QED) is 0.395. The van der Waals surface area contributed by atoms with Crippen LogP contribution in [0.25, 0.3) is 0 Å². The molecule has 0 amide bonds. The van der Waals surface area contributed by atoms with Gasteiger partial charge in [-0.3, -0.25) is 10.1 Å². The molecule has 8 heteroatoms. The number of nitrogens with one attached hydrogen (secondary N) is 1. The molecule has 1 aromatic rings. The highest BCUT2D eigenvalue weighted by Crippen LogP contribution is 2.29. The van der Waals surface area contributed by atoms with Crippen molar-refractivity contribution in [2.45, 2.75) is 19.1 Å². The first-order chi connectivity index (χ1) is 9.43. The molecule has 0 radical (unpaired) electrons.